The lowest BCUT2D eigenvalue weighted by Crippen LogP contribution is -3.00. The van der Waals surface area contributed by atoms with Crippen molar-refractivity contribution < 1.29 is 25.8 Å². The van der Waals surface area contributed by atoms with Crippen LogP contribution in [0, 0.1) is 0 Å². The number of pyridine rings is 1. The van der Waals surface area contributed by atoms with Gasteiger partial charge in [-0.05, 0) is 5.56 Å². The molecule has 3 aliphatic rings. The van der Waals surface area contributed by atoms with Crippen LogP contribution in [-0.2, 0) is 5.41 Å². The largest absolute Gasteiger partial charge is 1.00 e. The fraction of sp³-hybridized carbons (Fsp3) is 0.190. The van der Waals surface area contributed by atoms with Crippen molar-refractivity contribution in [2.24, 2.45) is 0 Å². The molecule has 0 saturated carbocycles. The zero-order valence-electron chi connectivity index (χ0n) is 14.3. The molecule has 5 nitrogen and oxygen atoms in total. The van der Waals surface area contributed by atoms with Gasteiger partial charge in [-0.3, -0.25) is 0 Å². The van der Waals surface area contributed by atoms with Crippen LogP contribution in [-0.4, -0.2) is 9.97 Å². The third kappa shape index (κ3) is 1.97. The molecule has 2 atom stereocenters. The molecule has 0 fully saturated rings. The first kappa shape index (κ1) is 16.3. The highest BCUT2D eigenvalue weighted by Crippen LogP contribution is 2.58. The number of benzene rings is 1. The van der Waals surface area contributed by atoms with Crippen molar-refractivity contribution in [1.29, 1.82) is 0 Å². The van der Waals surface area contributed by atoms with Gasteiger partial charge in [-0.2, -0.15) is 4.57 Å². The van der Waals surface area contributed by atoms with Gasteiger partial charge in [0.25, 0.3) is 0 Å². The minimum atomic E-state index is -0.402. The summed E-state index contributed by atoms with van der Waals surface area (Å²) in [6.07, 6.45) is 9.57. The molecule has 2 unspecified atom stereocenters. The number of hydrogen-bond acceptors (Lipinski definition) is 4. The summed E-state index contributed by atoms with van der Waals surface area (Å²) in [6, 6.07) is 15.3. The normalized spacial score (nSPS) is 21.2. The summed E-state index contributed by atoms with van der Waals surface area (Å²) >= 11 is 0. The van der Waals surface area contributed by atoms with Crippen molar-refractivity contribution in [3.05, 3.63) is 102 Å². The molecule has 27 heavy (non-hydrogen) atoms. The topological polar surface area (TPSA) is 55.9 Å². The van der Waals surface area contributed by atoms with Crippen molar-refractivity contribution in [2.45, 2.75) is 23.8 Å². The van der Waals surface area contributed by atoms with Gasteiger partial charge < -0.3 is 21.2 Å². The standard InChI is InChI=1S/C21H16N3O2.ClH/c1-2-6-15-14(5-1)17-9-21(18-10-25-12-22-18,19-11-26-13-23-19)20(15)16-7-3-4-8-24(16)17;/h1-8,10-13,17,20H,9H2;1H/q+1;/p-1. The summed E-state index contributed by atoms with van der Waals surface area (Å²) in [4.78, 5) is 9.15. The molecule has 1 aromatic carbocycles. The fourth-order valence-electron chi connectivity index (χ4n) is 5.04. The molecule has 0 spiro atoms. The molecule has 0 N–H and O–H groups in total. The second-order valence-corrected chi connectivity index (χ2v) is 7.03. The molecule has 5 heterocycles. The zero-order chi connectivity index (χ0) is 17.1. The number of hydrogen-bond donors (Lipinski definition) is 0. The maximum atomic E-state index is 5.40. The third-order valence-electron chi connectivity index (χ3n) is 6.01. The Morgan fingerprint density at radius 2 is 1.56 bits per heavy atom. The Morgan fingerprint density at radius 3 is 2.22 bits per heavy atom. The number of aromatic nitrogens is 3. The molecule has 1 aliphatic carbocycles. The summed E-state index contributed by atoms with van der Waals surface area (Å²) in [6.45, 7) is 0. The van der Waals surface area contributed by atoms with Gasteiger partial charge in [0.2, 0.25) is 0 Å². The number of halogens is 1. The Kier molecular flexibility index (Phi) is 3.49. The number of oxazole rings is 2. The van der Waals surface area contributed by atoms with Crippen LogP contribution in [0.1, 0.15) is 46.6 Å². The lowest BCUT2D eigenvalue weighted by Gasteiger charge is -2.47. The van der Waals surface area contributed by atoms with E-state index in [4.69, 9.17) is 8.83 Å². The Labute approximate surface area is 162 Å². The Hall–Kier alpha value is -2.92. The summed E-state index contributed by atoms with van der Waals surface area (Å²) in [7, 11) is 0. The van der Waals surface area contributed by atoms with Crippen LogP contribution in [0.15, 0.2) is 82.8 Å². The van der Waals surface area contributed by atoms with Crippen LogP contribution < -0.4 is 17.0 Å². The van der Waals surface area contributed by atoms with Gasteiger partial charge in [0.05, 0.1) is 22.7 Å². The van der Waals surface area contributed by atoms with Crippen molar-refractivity contribution in [2.75, 3.05) is 0 Å². The average molecular weight is 378 g/mol. The Morgan fingerprint density at radius 1 is 0.889 bits per heavy atom. The molecule has 134 valence electrons. The predicted octanol–water partition coefficient (Wildman–Crippen LogP) is 0.379. The Bertz CT molecular complexity index is 1010. The monoisotopic (exact) mass is 377 g/mol. The zero-order valence-corrected chi connectivity index (χ0v) is 15.1. The van der Waals surface area contributed by atoms with E-state index in [1.165, 1.54) is 29.6 Å². The van der Waals surface area contributed by atoms with Crippen molar-refractivity contribution in [3.8, 4) is 0 Å². The van der Waals surface area contributed by atoms with Gasteiger partial charge in [-0.15, -0.1) is 0 Å². The first-order chi connectivity index (χ1) is 12.9. The van der Waals surface area contributed by atoms with E-state index >= 15 is 0 Å². The first-order valence-electron chi connectivity index (χ1n) is 8.76. The highest BCUT2D eigenvalue weighted by Gasteiger charge is 2.61. The molecular formula is C21H16ClN3O2. The molecule has 4 aromatic rings. The van der Waals surface area contributed by atoms with E-state index < -0.39 is 5.41 Å². The van der Waals surface area contributed by atoms with Crippen molar-refractivity contribution in [3.63, 3.8) is 0 Å². The number of rotatable bonds is 2. The maximum absolute atomic E-state index is 5.40. The average Bonchev–Trinajstić information content (AvgIpc) is 3.42. The highest BCUT2D eigenvalue weighted by atomic mass is 35.5. The third-order valence-corrected chi connectivity index (χ3v) is 6.01. The van der Waals surface area contributed by atoms with Crippen LogP contribution in [0.25, 0.3) is 0 Å². The lowest BCUT2D eigenvalue weighted by atomic mass is 9.56. The van der Waals surface area contributed by atoms with Crippen LogP contribution >= 0.6 is 0 Å². The van der Waals surface area contributed by atoms with Crippen molar-refractivity contribution >= 4 is 0 Å². The molecule has 3 aromatic heterocycles. The number of nitrogens with zero attached hydrogens (tertiary/aromatic N) is 3. The first-order valence-corrected chi connectivity index (χ1v) is 8.76. The lowest BCUT2D eigenvalue weighted by molar-refractivity contribution is -0.732. The molecule has 7 rings (SSSR count). The minimum Gasteiger partial charge on any atom is -1.00 e. The SMILES string of the molecule is [Cl-].c1ccc2c(c1)C1CC(c3cocn3)(c3cocn3)C2c2cccc[n+]21. The van der Waals surface area contributed by atoms with Gasteiger partial charge in [0.1, 0.15) is 12.5 Å². The smallest absolute Gasteiger partial charge is 0.190 e. The van der Waals surface area contributed by atoms with Gasteiger partial charge in [0.15, 0.2) is 30.7 Å². The maximum Gasteiger partial charge on any atom is 0.190 e. The van der Waals surface area contributed by atoms with Gasteiger partial charge in [-0.1, -0.05) is 30.3 Å². The summed E-state index contributed by atoms with van der Waals surface area (Å²) < 4.78 is 13.2. The summed E-state index contributed by atoms with van der Waals surface area (Å²) in [5.41, 5.74) is 5.40. The van der Waals surface area contributed by atoms with Crippen LogP contribution in [0.5, 0.6) is 0 Å². The van der Waals surface area contributed by atoms with E-state index in [2.05, 4.69) is 63.2 Å². The van der Waals surface area contributed by atoms with E-state index in [-0.39, 0.29) is 24.4 Å². The van der Waals surface area contributed by atoms with Crippen LogP contribution in [0.4, 0.5) is 0 Å². The van der Waals surface area contributed by atoms with Crippen molar-refractivity contribution in [1.82, 2.24) is 9.97 Å². The molecule has 2 bridgehead atoms. The quantitative estimate of drug-likeness (QED) is 0.474. The van der Waals surface area contributed by atoms with Crippen LogP contribution in [0.3, 0.4) is 0 Å². The highest BCUT2D eigenvalue weighted by molar-refractivity contribution is 5.51. The molecule has 2 aliphatic heterocycles. The van der Waals surface area contributed by atoms with Gasteiger partial charge in [0, 0.05) is 24.1 Å². The van der Waals surface area contributed by atoms with Gasteiger partial charge in [-0.25, -0.2) is 9.97 Å². The van der Waals surface area contributed by atoms with E-state index in [9.17, 15) is 0 Å². The molecule has 6 heteroatoms. The van der Waals surface area contributed by atoms with E-state index in [0.29, 0.717) is 0 Å². The number of fused-ring (bicyclic) bond motifs is 1. The molecular weight excluding hydrogens is 362 g/mol. The molecule has 0 saturated heterocycles. The predicted molar refractivity (Wildman–Crippen MR) is 91.5 cm³/mol. The molecule has 0 radical (unpaired) electrons. The second-order valence-electron chi connectivity index (χ2n) is 7.03. The summed E-state index contributed by atoms with van der Waals surface area (Å²) in [5.74, 6) is 0.0973. The second kappa shape index (κ2) is 5.79. The van der Waals surface area contributed by atoms with Gasteiger partial charge >= 0.3 is 0 Å². The van der Waals surface area contributed by atoms with E-state index in [0.717, 1.165) is 17.8 Å². The summed E-state index contributed by atoms with van der Waals surface area (Å²) in [5, 5.41) is 0. The van der Waals surface area contributed by atoms with E-state index in [1.54, 1.807) is 12.5 Å². The minimum absolute atomic E-state index is 0. The fourth-order valence-corrected chi connectivity index (χ4v) is 5.04. The van der Waals surface area contributed by atoms with E-state index in [1.807, 2.05) is 0 Å². The Balaban J connectivity index is 0.00000160. The van der Waals surface area contributed by atoms with Crippen LogP contribution in [0.2, 0.25) is 0 Å². The molecule has 0 amide bonds.